The average molecular weight is 580 g/mol. The third-order valence-corrected chi connectivity index (χ3v) is 7.51. The van der Waals surface area contributed by atoms with Crippen LogP contribution in [0.25, 0.3) is 0 Å². The highest BCUT2D eigenvalue weighted by atomic mass is 16.7. The number of hydroxylamine groups is 1. The molecule has 2 amide bonds. The maximum Gasteiger partial charge on any atom is 0.343 e. The van der Waals surface area contributed by atoms with E-state index in [0.717, 1.165) is 10.5 Å². The summed E-state index contributed by atoms with van der Waals surface area (Å²) < 4.78 is 11.1. The molecule has 2 aliphatic rings. The number of imide groups is 1. The van der Waals surface area contributed by atoms with Crippen molar-refractivity contribution in [3.05, 3.63) is 124 Å². The number of anilines is 2. The summed E-state index contributed by atoms with van der Waals surface area (Å²) in [5.74, 6) is -2.23. The van der Waals surface area contributed by atoms with Gasteiger partial charge >= 0.3 is 5.97 Å². The number of amides is 2. The summed E-state index contributed by atoms with van der Waals surface area (Å²) in [6.45, 7) is 1.80. The van der Waals surface area contributed by atoms with Gasteiger partial charge in [0.2, 0.25) is 5.91 Å². The molecule has 3 atom stereocenters. The van der Waals surface area contributed by atoms with Crippen LogP contribution in [0, 0.1) is 23.0 Å². The van der Waals surface area contributed by atoms with E-state index >= 15 is 0 Å². The minimum absolute atomic E-state index is 0.146. The molecule has 2 aliphatic heterocycles. The lowest BCUT2D eigenvalue weighted by Crippen LogP contribution is -2.37. The second-order valence-corrected chi connectivity index (χ2v) is 10.1. The molecule has 0 spiro atoms. The summed E-state index contributed by atoms with van der Waals surface area (Å²) in [5.41, 5.74) is 2.15. The van der Waals surface area contributed by atoms with Crippen LogP contribution in [0.1, 0.15) is 27.5 Å². The number of aryl methyl sites for hydroxylation is 1. The number of methoxy groups -OCH3 is 1. The minimum Gasteiger partial charge on any atom is -0.493 e. The summed E-state index contributed by atoms with van der Waals surface area (Å²) in [7, 11) is 1.41. The van der Waals surface area contributed by atoms with Crippen LogP contribution in [-0.4, -0.2) is 35.9 Å². The van der Waals surface area contributed by atoms with Gasteiger partial charge in [-0.15, -0.1) is 0 Å². The van der Waals surface area contributed by atoms with E-state index < -0.39 is 40.8 Å². The van der Waals surface area contributed by atoms with Gasteiger partial charge in [0.1, 0.15) is 5.92 Å². The number of carbonyl (C=O) groups excluding carboxylic acids is 3. The van der Waals surface area contributed by atoms with Crippen molar-refractivity contribution in [2.45, 2.75) is 19.1 Å². The maximum atomic E-state index is 14.0. The Labute approximate surface area is 245 Å². The predicted octanol–water partition coefficient (Wildman–Crippen LogP) is 5.18. The molecular formula is C32H25N3O8. The highest BCUT2D eigenvalue weighted by Gasteiger charge is 2.60. The average Bonchev–Trinajstić information content (AvgIpc) is 3.53. The van der Waals surface area contributed by atoms with E-state index in [1.54, 1.807) is 73.7 Å². The Morgan fingerprint density at radius 2 is 1.63 bits per heavy atom. The van der Waals surface area contributed by atoms with Crippen molar-refractivity contribution in [3.63, 3.8) is 0 Å². The molecule has 43 heavy (non-hydrogen) atoms. The van der Waals surface area contributed by atoms with E-state index in [4.69, 9.17) is 14.3 Å². The number of nitro groups is 1. The number of esters is 1. The molecule has 0 bridgehead atoms. The minimum atomic E-state index is -1.18. The van der Waals surface area contributed by atoms with Gasteiger partial charge in [0.05, 0.1) is 35.0 Å². The first kappa shape index (κ1) is 27.6. The van der Waals surface area contributed by atoms with E-state index in [-0.39, 0.29) is 22.9 Å². The second-order valence-electron chi connectivity index (χ2n) is 10.1. The van der Waals surface area contributed by atoms with E-state index in [1.165, 1.54) is 36.4 Å². The Morgan fingerprint density at radius 1 is 0.884 bits per heavy atom. The Bertz CT molecular complexity index is 1760. The first-order valence-corrected chi connectivity index (χ1v) is 13.4. The number of nitrogens with zero attached hydrogens (tertiary/aromatic N) is 3. The molecule has 4 aromatic rings. The molecule has 0 unspecified atom stereocenters. The Balaban J connectivity index is 1.42. The normalized spacial score (nSPS) is 19.3. The molecule has 0 saturated carbocycles. The number of para-hydroxylation sites is 1. The number of hydrogen-bond donors (Lipinski definition) is 0. The van der Waals surface area contributed by atoms with Gasteiger partial charge in [-0.25, -0.2) is 14.8 Å². The van der Waals surface area contributed by atoms with E-state index in [1.807, 2.05) is 6.07 Å². The molecule has 0 N–H and O–H groups in total. The molecule has 2 fully saturated rings. The van der Waals surface area contributed by atoms with Crippen LogP contribution in [-0.2, 0) is 14.4 Å². The number of hydrogen-bond acceptors (Lipinski definition) is 9. The van der Waals surface area contributed by atoms with Crippen LogP contribution in [0.4, 0.5) is 17.1 Å². The van der Waals surface area contributed by atoms with E-state index in [2.05, 4.69) is 0 Å². The van der Waals surface area contributed by atoms with Gasteiger partial charge in [0.15, 0.2) is 17.6 Å². The molecule has 11 nitrogen and oxygen atoms in total. The van der Waals surface area contributed by atoms with Gasteiger partial charge in [-0.3, -0.25) is 24.5 Å². The Kier molecular flexibility index (Phi) is 7.08. The first-order valence-electron chi connectivity index (χ1n) is 13.4. The highest BCUT2D eigenvalue weighted by Crippen LogP contribution is 2.49. The smallest absolute Gasteiger partial charge is 0.343 e. The van der Waals surface area contributed by atoms with Crippen LogP contribution >= 0.6 is 0 Å². The van der Waals surface area contributed by atoms with E-state index in [0.29, 0.717) is 16.8 Å². The molecule has 6 rings (SSSR count). The fourth-order valence-electron chi connectivity index (χ4n) is 5.46. The van der Waals surface area contributed by atoms with Gasteiger partial charge < -0.3 is 9.47 Å². The number of fused-ring (bicyclic) bond motifs is 1. The van der Waals surface area contributed by atoms with Gasteiger partial charge in [-0.05, 0) is 54.4 Å². The molecular weight excluding hydrogens is 554 g/mol. The number of non-ortho nitro benzene ring substituents is 1. The zero-order valence-electron chi connectivity index (χ0n) is 23.1. The van der Waals surface area contributed by atoms with Crippen molar-refractivity contribution in [1.82, 2.24) is 0 Å². The first-order chi connectivity index (χ1) is 20.8. The quantitative estimate of drug-likeness (QED) is 0.0956. The summed E-state index contributed by atoms with van der Waals surface area (Å²) in [5, 5.41) is 12.9. The van der Waals surface area contributed by atoms with Gasteiger partial charge in [-0.1, -0.05) is 48.5 Å². The zero-order chi connectivity index (χ0) is 30.2. The molecule has 0 radical (unpaired) electrons. The summed E-state index contributed by atoms with van der Waals surface area (Å²) >= 11 is 0. The molecule has 0 aliphatic carbocycles. The number of carbonyl (C=O) groups is 3. The third-order valence-electron chi connectivity index (χ3n) is 7.51. The molecule has 11 heteroatoms. The van der Waals surface area contributed by atoms with Crippen molar-refractivity contribution in [2.75, 3.05) is 17.1 Å². The highest BCUT2D eigenvalue weighted by molar-refractivity contribution is 6.24. The Morgan fingerprint density at radius 3 is 2.35 bits per heavy atom. The van der Waals surface area contributed by atoms with Crippen LogP contribution in [0.15, 0.2) is 97.1 Å². The number of ether oxygens (including phenoxy) is 2. The lowest BCUT2D eigenvalue weighted by Gasteiger charge is -2.29. The zero-order valence-corrected chi connectivity index (χ0v) is 23.1. The predicted molar refractivity (Wildman–Crippen MR) is 155 cm³/mol. The molecule has 4 aromatic carbocycles. The van der Waals surface area contributed by atoms with Crippen molar-refractivity contribution >= 4 is 34.8 Å². The lowest BCUT2D eigenvalue weighted by atomic mass is 9.90. The Hall–Kier alpha value is -5.55. The maximum absolute atomic E-state index is 14.0. The monoisotopic (exact) mass is 579 g/mol. The molecule has 0 aromatic heterocycles. The van der Waals surface area contributed by atoms with Crippen molar-refractivity contribution < 1.29 is 33.6 Å². The fraction of sp³-hybridized carbons (Fsp3) is 0.156. The number of benzene rings is 4. The molecule has 2 saturated heterocycles. The van der Waals surface area contributed by atoms with Crippen molar-refractivity contribution in [1.29, 1.82) is 0 Å². The second kappa shape index (κ2) is 11.0. The largest absolute Gasteiger partial charge is 0.493 e. The van der Waals surface area contributed by atoms with Crippen LogP contribution < -0.4 is 19.4 Å². The number of rotatable bonds is 7. The standard InChI is InChI=1S/C32H25N3O8/c1-19-9-6-7-14-24(19)33-30(36)27-28(34(43-29(27)31(33)37)22-12-8-13-23(18-22)35(39)40)21-15-16-25(26(17-21)41-2)42-32(38)20-10-4-3-5-11-20/h3-18,27-29H,1-2H3/t27-,28-,29+/m1/s1. The van der Waals surface area contributed by atoms with Crippen LogP contribution in [0.3, 0.4) is 0 Å². The third kappa shape index (κ3) is 4.85. The van der Waals surface area contributed by atoms with Gasteiger partial charge in [0, 0.05) is 12.1 Å². The van der Waals surface area contributed by atoms with Gasteiger partial charge in [-0.2, -0.15) is 0 Å². The van der Waals surface area contributed by atoms with Crippen molar-refractivity contribution in [2.24, 2.45) is 5.92 Å². The lowest BCUT2D eigenvalue weighted by molar-refractivity contribution is -0.384. The SMILES string of the molecule is COc1cc([C@@H]2[C@H]3C(=O)N(c4ccccc4C)C(=O)[C@H]3ON2c2cccc([N+](=O)[O-])c2)ccc1OC(=O)c1ccccc1. The summed E-state index contributed by atoms with van der Waals surface area (Å²) in [6, 6.07) is 25.2. The fourth-order valence-corrected chi connectivity index (χ4v) is 5.46. The van der Waals surface area contributed by atoms with E-state index in [9.17, 15) is 24.5 Å². The summed E-state index contributed by atoms with van der Waals surface area (Å²) in [6.07, 6.45) is -1.18. The molecule has 216 valence electrons. The molecule has 2 heterocycles. The van der Waals surface area contributed by atoms with Crippen molar-refractivity contribution in [3.8, 4) is 11.5 Å². The van der Waals surface area contributed by atoms with Crippen LogP contribution in [0.2, 0.25) is 0 Å². The van der Waals surface area contributed by atoms with Gasteiger partial charge in [0.25, 0.3) is 11.6 Å². The topological polar surface area (TPSA) is 129 Å². The van der Waals surface area contributed by atoms with Crippen LogP contribution in [0.5, 0.6) is 11.5 Å². The number of nitro benzene ring substituents is 1. The summed E-state index contributed by atoms with van der Waals surface area (Å²) in [4.78, 5) is 58.7.